The SMILES string of the molecule is C[C](CC(=O)NC(C)C(=O)Nc1ccc2c(c1)cc(C(=O)O)n2C)C(=O)NC(C)c1nnc(C)[nH]1. The molecule has 2 unspecified atom stereocenters. The summed E-state index contributed by atoms with van der Waals surface area (Å²) in [5.41, 5.74) is 1.30. The van der Waals surface area contributed by atoms with Crippen LogP contribution in [0.5, 0.6) is 0 Å². The lowest BCUT2D eigenvalue weighted by molar-refractivity contribution is -0.127. The lowest BCUT2D eigenvalue weighted by Gasteiger charge is -2.17. The number of carboxylic acids is 1. The summed E-state index contributed by atoms with van der Waals surface area (Å²) in [7, 11) is 1.65. The average Bonchev–Trinajstić information content (AvgIpc) is 3.36. The van der Waals surface area contributed by atoms with Crippen LogP contribution in [0.25, 0.3) is 10.9 Å². The quantitative estimate of drug-likeness (QED) is 0.308. The van der Waals surface area contributed by atoms with Crippen LogP contribution in [0.15, 0.2) is 24.3 Å². The monoisotopic (exact) mass is 482 g/mol. The molecule has 12 heteroatoms. The second-order valence-electron chi connectivity index (χ2n) is 8.39. The van der Waals surface area contributed by atoms with E-state index in [0.29, 0.717) is 28.2 Å². The Morgan fingerprint density at radius 3 is 2.46 bits per heavy atom. The Hall–Kier alpha value is -4.22. The molecular formula is C23H28N7O5. The fourth-order valence-corrected chi connectivity index (χ4v) is 3.51. The minimum absolute atomic E-state index is 0.130. The number of carbonyl (C=O) groups is 4. The molecule has 0 saturated carbocycles. The van der Waals surface area contributed by atoms with Crippen LogP contribution in [0.2, 0.25) is 0 Å². The molecule has 2 atom stereocenters. The van der Waals surface area contributed by atoms with Crippen molar-refractivity contribution in [2.45, 2.75) is 46.2 Å². The molecule has 0 aliphatic rings. The van der Waals surface area contributed by atoms with Crippen molar-refractivity contribution in [3.05, 3.63) is 47.5 Å². The number of rotatable bonds is 9. The molecule has 0 aliphatic carbocycles. The van der Waals surface area contributed by atoms with Gasteiger partial charge in [-0.25, -0.2) is 4.79 Å². The van der Waals surface area contributed by atoms with E-state index in [-0.39, 0.29) is 18.0 Å². The number of amides is 3. The molecule has 2 aromatic heterocycles. The molecule has 5 N–H and O–H groups in total. The fourth-order valence-electron chi connectivity index (χ4n) is 3.51. The molecule has 3 aromatic rings. The van der Waals surface area contributed by atoms with Gasteiger partial charge in [-0.15, -0.1) is 10.2 Å². The zero-order chi connectivity index (χ0) is 25.9. The van der Waals surface area contributed by atoms with E-state index in [9.17, 15) is 24.3 Å². The molecule has 1 radical (unpaired) electrons. The van der Waals surface area contributed by atoms with E-state index in [1.54, 1.807) is 50.6 Å². The molecule has 3 rings (SSSR count). The van der Waals surface area contributed by atoms with Gasteiger partial charge in [0.05, 0.1) is 12.0 Å². The summed E-state index contributed by atoms with van der Waals surface area (Å²) in [4.78, 5) is 51.6. The third-order valence-electron chi connectivity index (χ3n) is 5.49. The third kappa shape index (κ3) is 6.02. The van der Waals surface area contributed by atoms with Gasteiger partial charge in [-0.2, -0.15) is 0 Å². The number of H-pyrrole nitrogens is 1. The van der Waals surface area contributed by atoms with Crippen molar-refractivity contribution >= 4 is 40.3 Å². The molecule has 185 valence electrons. The molecule has 0 aliphatic heterocycles. The van der Waals surface area contributed by atoms with Crippen molar-refractivity contribution in [2.75, 3.05) is 5.32 Å². The summed E-state index contributed by atoms with van der Waals surface area (Å²) in [6.07, 6.45) is -0.181. The first-order valence-corrected chi connectivity index (χ1v) is 10.9. The highest BCUT2D eigenvalue weighted by Gasteiger charge is 2.23. The zero-order valence-corrected chi connectivity index (χ0v) is 20.1. The van der Waals surface area contributed by atoms with Crippen molar-refractivity contribution in [2.24, 2.45) is 7.05 Å². The standard InChI is InChI=1S/C23H28N7O5/c1-11(21(32)25-12(2)20-26-14(4)28-29-20)8-19(31)24-13(3)22(33)27-16-6-7-17-15(9-16)10-18(23(34)35)30(17)5/h6-7,9-10,12-13H,8H2,1-5H3,(H,24,31)(H,25,32)(H,27,33)(H,34,35)(H,26,28,29). The number of carboxylic acid groups (broad SMARTS) is 1. The van der Waals surface area contributed by atoms with Crippen LogP contribution in [0.1, 0.15) is 55.4 Å². The van der Waals surface area contributed by atoms with Gasteiger partial charge in [-0.1, -0.05) is 0 Å². The van der Waals surface area contributed by atoms with Gasteiger partial charge < -0.3 is 30.6 Å². The van der Waals surface area contributed by atoms with Crippen LogP contribution in [-0.4, -0.2) is 54.6 Å². The maximum atomic E-state index is 12.6. The van der Waals surface area contributed by atoms with Crippen LogP contribution in [0, 0.1) is 12.8 Å². The number of hydrogen-bond acceptors (Lipinski definition) is 6. The number of anilines is 1. The van der Waals surface area contributed by atoms with Crippen LogP contribution in [0.4, 0.5) is 5.69 Å². The Balaban J connectivity index is 1.52. The number of carbonyl (C=O) groups excluding carboxylic acids is 3. The van der Waals surface area contributed by atoms with Crippen molar-refractivity contribution in [3.8, 4) is 0 Å². The van der Waals surface area contributed by atoms with Crippen LogP contribution < -0.4 is 16.0 Å². The van der Waals surface area contributed by atoms with Gasteiger partial charge >= 0.3 is 5.97 Å². The maximum Gasteiger partial charge on any atom is 0.352 e. The Labute approximate surface area is 201 Å². The van der Waals surface area contributed by atoms with Gasteiger partial charge in [0.25, 0.3) is 0 Å². The smallest absolute Gasteiger partial charge is 0.352 e. The van der Waals surface area contributed by atoms with Crippen molar-refractivity contribution in [1.29, 1.82) is 0 Å². The lowest BCUT2D eigenvalue weighted by atomic mass is 10.1. The van der Waals surface area contributed by atoms with E-state index >= 15 is 0 Å². The number of nitrogens with zero attached hydrogens (tertiary/aromatic N) is 3. The van der Waals surface area contributed by atoms with E-state index in [0.717, 1.165) is 0 Å². The van der Waals surface area contributed by atoms with Gasteiger partial charge in [0, 0.05) is 30.1 Å². The van der Waals surface area contributed by atoms with Crippen LogP contribution in [0.3, 0.4) is 0 Å². The number of hydrogen-bond donors (Lipinski definition) is 5. The summed E-state index contributed by atoms with van der Waals surface area (Å²) >= 11 is 0. The second-order valence-corrected chi connectivity index (χ2v) is 8.39. The summed E-state index contributed by atoms with van der Waals surface area (Å²) in [5.74, 6) is -0.975. The Bertz CT molecular complexity index is 1280. The van der Waals surface area contributed by atoms with Crippen LogP contribution in [-0.2, 0) is 21.4 Å². The largest absolute Gasteiger partial charge is 0.477 e. The molecule has 0 spiro atoms. The average molecular weight is 483 g/mol. The first-order chi connectivity index (χ1) is 16.5. The molecule has 3 amide bonds. The van der Waals surface area contributed by atoms with Crippen molar-refractivity contribution < 1.29 is 24.3 Å². The Morgan fingerprint density at radius 1 is 1.11 bits per heavy atom. The number of fused-ring (bicyclic) bond motifs is 1. The van der Waals surface area contributed by atoms with E-state index in [4.69, 9.17) is 0 Å². The Kier molecular flexibility index (Phi) is 7.52. The number of benzene rings is 1. The summed E-state index contributed by atoms with van der Waals surface area (Å²) in [6.45, 7) is 6.56. The molecule has 1 aromatic carbocycles. The summed E-state index contributed by atoms with van der Waals surface area (Å²) in [5, 5.41) is 25.7. The van der Waals surface area contributed by atoms with Gasteiger partial charge in [0.2, 0.25) is 17.7 Å². The van der Waals surface area contributed by atoms with E-state index in [1.807, 2.05) is 0 Å². The number of aromatic amines is 1. The zero-order valence-electron chi connectivity index (χ0n) is 20.1. The van der Waals surface area contributed by atoms with Crippen molar-refractivity contribution in [3.63, 3.8) is 0 Å². The van der Waals surface area contributed by atoms with Gasteiger partial charge in [-0.05, 0) is 52.0 Å². The molecule has 0 fully saturated rings. The number of aromatic nitrogens is 4. The summed E-state index contributed by atoms with van der Waals surface area (Å²) < 4.78 is 1.55. The highest BCUT2D eigenvalue weighted by Crippen LogP contribution is 2.23. The molecular weight excluding hydrogens is 454 g/mol. The van der Waals surface area contributed by atoms with Crippen LogP contribution >= 0.6 is 0 Å². The molecule has 12 nitrogen and oxygen atoms in total. The molecule has 2 heterocycles. The fraction of sp³-hybridized carbons (Fsp3) is 0.348. The normalized spacial score (nSPS) is 12.9. The third-order valence-corrected chi connectivity index (χ3v) is 5.49. The van der Waals surface area contributed by atoms with E-state index in [1.165, 1.54) is 13.0 Å². The molecule has 0 saturated heterocycles. The molecule has 35 heavy (non-hydrogen) atoms. The first-order valence-electron chi connectivity index (χ1n) is 10.9. The molecule has 0 bridgehead atoms. The number of aryl methyl sites for hydroxylation is 2. The Morgan fingerprint density at radius 2 is 1.83 bits per heavy atom. The maximum absolute atomic E-state index is 12.6. The van der Waals surface area contributed by atoms with Gasteiger partial charge in [-0.3, -0.25) is 14.4 Å². The number of aromatic carboxylic acids is 1. The highest BCUT2D eigenvalue weighted by molar-refractivity contribution is 6.01. The predicted octanol–water partition coefficient (Wildman–Crippen LogP) is 1.61. The lowest BCUT2D eigenvalue weighted by Crippen LogP contribution is -2.43. The van der Waals surface area contributed by atoms with E-state index < -0.39 is 35.8 Å². The summed E-state index contributed by atoms with van der Waals surface area (Å²) in [6, 6.07) is 5.26. The van der Waals surface area contributed by atoms with E-state index in [2.05, 4.69) is 31.1 Å². The number of nitrogens with one attached hydrogen (secondary N) is 4. The van der Waals surface area contributed by atoms with Crippen molar-refractivity contribution in [1.82, 2.24) is 30.4 Å². The van der Waals surface area contributed by atoms with Gasteiger partial charge in [0.1, 0.15) is 17.6 Å². The topological polar surface area (TPSA) is 171 Å². The first kappa shape index (κ1) is 25.4. The highest BCUT2D eigenvalue weighted by atomic mass is 16.4. The van der Waals surface area contributed by atoms with Gasteiger partial charge in [0.15, 0.2) is 5.82 Å². The predicted molar refractivity (Wildman–Crippen MR) is 127 cm³/mol. The minimum Gasteiger partial charge on any atom is -0.477 e. The second kappa shape index (κ2) is 10.4. The minimum atomic E-state index is -1.05.